The number of carbonyl (C=O) groups excluding carboxylic acids is 1. The van der Waals surface area contributed by atoms with Crippen molar-refractivity contribution in [3.8, 4) is 5.75 Å². The number of fused-ring (bicyclic) bond motifs is 1. The summed E-state index contributed by atoms with van der Waals surface area (Å²) in [7, 11) is 0.471. The molecule has 0 bridgehead atoms. The quantitative estimate of drug-likeness (QED) is 0.662. The van der Waals surface area contributed by atoms with Crippen LogP contribution in [0.5, 0.6) is 5.75 Å². The number of hydrogen-bond acceptors (Lipinski definition) is 6. The fourth-order valence-electron chi connectivity index (χ4n) is 2.63. The van der Waals surface area contributed by atoms with Gasteiger partial charge in [0.05, 0.1) is 17.3 Å². The van der Waals surface area contributed by atoms with Gasteiger partial charge in [0, 0.05) is 19.7 Å². The summed E-state index contributed by atoms with van der Waals surface area (Å²) in [5.41, 5.74) is 2.21. The highest BCUT2D eigenvalue weighted by Gasteiger charge is 2.24. The molecular formula is C19H21N3O4S2. The first-order valence-corrected chi connectivity index (χ1v) is 10.8. The minimum absolute atomic E-state index is 0.0652. The van der Waals surface area contributed by atoms with Gasteiger partial charge < -0.3 is 4.74 Å². The molecule has 0 spiro atoms. The van der Waals surface area contributed by atoms with Crippen LogP contribution in [0.3, 0.4) is 0 Å². The van der Waals surface area contributed by atoms with Crippen molar-refractivity contribution in [1.82, 2.24) is 9.29 Å². The first-order valence-electron chi connectivity index (χ1n) is 8.57. The van der Waals surface area contributed by atoms with Crippen LogP contribution < -0.4 is 10.1 Å². The monoisotopic (exact) mass is 419 g/mol. The molecule has 1 amide bonds. The lowest BCUT2D eigenvalue weighted by Gasteiger charge is -2.15. The van der Waals surface area contributed by atoms with Gasteiger partial charge in [0.15, 0.2) is 5.13 Å². The van der Waals surface area contributed by atoms with E-state index in [9.17, 15) is 13.2 Å². The second kappa shape index (κ2) is 7.86. The van der Waals surface area contributed by atoms with Crippen molar-refractivity contribution >= 4 is 42.6 Å². The molecule has 0 fully saturated rings. The first-order chi connectivity index (χ1) is 13.3. The second-order valence-electron chi connectivity index (χ2n) is 6.28. The van der Waals surface area contributed by atoms with Crippen LogP contribution in [0.15, 0.2) is 41.3 Å². The van der Waals surface area contributed by atoms with Crippen LogP contribution in [0.4, 0.5) is 5.13 Å². The van der Waals surface area contributed by atoms with E-state index in [4.69, 9.17) is 4.74 Å². The zero-order valence-electron chi connectivity index (χ0n) is 16.0. The minimum Gasteiger partial charge on any atom is -0.495 e. The van der Waals surface area contributed by atoms with Crippen molar-refractivity contribution in [3.05, 3.63) is 47.5 Å². The Labute approximate surface area is 168 Å². The number of ether oxygens (including phenoxy) is 1. The summed E-state index contributed by atoms with van der Waals surface area (Å²) in [5, 5.41) is 3.21. The highest BCUT2D eigenvalue weighted by Crippen LogP contribution is 2.29. The van der Waals surface area contributed by atoms with Gasteiger partial charge in [0.2, 0.25) is 10.0 Å². The zero-order valence-corrected chi connectivity index (χ0v) is 17.6. The number of benzene rings is 2. The van der Waals surface area contributed by atoms with Gasteiger partial charge in [-0.3, -0.25) is 10.1 Å². The third-order valence-corrected chi connectivity index (χ3v) is 7.04. The zero-order chi connectivity index (χ0) is 20.5. The third kappa shape index (κ3) is 3.87. The number of anilines is 1. The highest BCUT2D eigenvalue weighted by molar-refractivity contribution is 7.89. The molecule has 1 aromatic heterocycles. The summed E-state index contributed by atoms with van der Waals surface area (Å²) in [5.74, 6) is -0.259. The van der Waals surface area contributed by atoms with Crippen LogP contribution in [0.2, 0.25) is 0 Å². The van der Waals surface area contributed by atoms with Gasteiger partial charge in [0.25, 0.3) is 5.91 Å². The van der Waals surface area contributed by atoms with E-state index >= 15 is 0 Å². The van der Waals surface area contributed by atoms with Gasteiger partial charge in [-0.15, -0.1) is 0 Å². The van der Waals surface area contributed by atoms with E-state index in [2.05, 4.69) is 23.3 Å². The maximum Gasteiger partial charge on any atom is 0.257 e. The first kappa shape index (κ1) is 20.2. The molecule has 148 valence electrons. The molecule has 0 saturated carbocycles. The van der Waals surface area contributed by atoms with Gasteiger partial charge in [-0.25, -0.2) is 17.7 Å². The van der Waals surface area contributed by atoms with Crippen LogP contribution in [-0.2, 0) is 16.4 Å². The molecule has 3 aromatic rings. The Kier molecular flexibility index (Phi) is 5.69. The molecule has 1 heterocycles. The Hall–Kier alpha value is -2.49. The third-order valence-electron chi connectivity index (χ3n) is 4.27. The number of aromatic nitrogens is 1. The van der Waals surface area contributed by atoms with Crippen molar-refractivity contribution in [3.63, 3.8) is 0 Å². The van der Waals surface area contributed by atoms with Crippen LogP contribution in [0.1, 0.15) is 22.8 Å². The smallest absolute Gasteiger partial charge is 0.257 e. The van der Waals surface area contributed by atoms with Crippen LogP contribution in [0, 0.1) is 0 Å². The normalized spacial score (nSPS) is 11.8. The molecule has 9 heteroatoms. The topological polar surface area (TPSA) is 88.6 Å². The molecule has 1 N–H and O–H groups in total. The Morgan fingerprint density at radius 2 is 1.96 bits per heavy atom. The molecule has 0 aliphatic rings. The number of nitrogens with one attached hydrogen (secondary N) is 1. The second-order valence-corrected chi connectivity index (χ2v) is 9.43. The molecule has 0 aliphatic carbocycles. The number of rotatable bonds is 6. The lowest BCUT2D eigenvalue weighted by Crippen LogP contribution is -2.23. The van der Waals surface area contributed by atoms with Gasteiger partial charge in [-0.2, -0.15) is 0 Å². The summed E-state index contributed by atoms with van der Waals surface area (Å²) >= 11 is 1.38. The van der Waals surface area contributed by atoms with E-state index in [1.165, 1.54) is 56.3 Å². The Morgan fingerprint density at radius 3 is 2.61 bits per heavy atom. The van der Waals surface area contributed by atoms with E-state index in [-0.39, 0.29) is 16.2 Å². The molecule has 3 rings (SSSR count). The van der Waals surface area contributed by atoms with Crippen molar-refractivity contribution in [2.24, 2.45) is 0 Å². The van der Waals surface area contributed by atoms with Crippen molar-refractivity contribution in [1.29, 1.82) is 0 Å². The molecule has 0 aliphatic heterocycles. The number of methoxy groups -OCH3 is 1. The van der Waals surface area contributed by atoms with Gasteiger partial charge in [-0.1, -0.05) is 24.3 Å². The van der Waals surface area contributed by atoms with E-state index < -0.39 is 15.9 Å². The molecule has 0 saturated heterocycles. The van der Waals surface area contributed by atoms with E-state index in [0.29, 0.717) is 5.13 Å². The number of carbonyl (C=O) groups is 1. The number of aryl methyl sites for hydroxylation is 1. The maximum absolute atomic E-state index is 12.7. The van der Waals surface area contributed by atoms with Gasteiger partial charge >= 0.3 is 0 Å². The molecule has 2 aromatic carbocycles. The predicted molar refractivity (Wildman–Crippen MR) is 111 cm³/mol. The molecule has 0 radical (unpaired) electrons. The fourth-order valence-corrected chi connectivity index (χ4v) is 4.63. The predicted octanol–water partition coefficient (Wildman–Crippen LogP) is 3.37. The Bertz CT molecular complexity index is 1140. The van der Waals surface area contributed by atoms with Crippen LogP contribution in [-0.4, -0.2) is 44.8 Å². The van der Waals surface area contributed by atoms with E-state index in [1.54, 1.807) is 0 Å². The van der Waals surface area contributed by atoms with E-state index in [0.717, 1.165) is 20.9 Å². The van der Waals surface area contributed by atoms with Crippen molar-refractivity contribution < 1.29 is 17.9 Å². The summed E-state index contributed by atoms with van der Waals surface area (Å²) in [6.07, 6.45) is 0.921. The van der Waals surface area contributed by atoms with Gasteiger partial charge in [-0.05, 0) is 42.3 Å². The largest absolute Gasteiger partial charge is 0.495 e. The lowest BCUT2D eigenvalue weighted by atomic mass is 10.2. The summed E-state index contributed by atoms with van der Waals surface area (Å²) in [6.45, 7) is 2.08. The highest BCUT2D eigenvalue weighted by atomic mass is 32.2. The maximum atomic E-state index is 12.7. The van der Waals surface area contributed by atoms with Crippen LogP contribution >= 0.6 is 11.3 Å². The molecule has 0 atom stereocenters. The Balaban J connectivity index is 1.92. The van der Waals surface area contributed by atoms with Gasteiger partial charge in [0.1, 0.15) is 10.6 Å². The van der Waals surface area contributed by atoms with Crippen molar-refractivity contribution in [2.45, 2.75) is 18.2 Å². The van der Waals surface area contributed by atoms with Crippen molar-refractivity contribution in [2.75, 3.05) is 26.5 Å². The molecule has 0 unspecified atom stereocenters. The number of thiazole rings is 1. The average molecular weight is 420 g/mol. The number of nitrogens with zero attached hydrogens (tertiary/aromatic N) is 2. The Morgan fingerprint density at radius 1 is 1.21 bits per heavy atom. The number of amides is 1. The standard InChI is InChI=1S/C19H21N3O4S2/c1-5-12-6-8-14-16(10-12)27-19(20-14)21-18(23)13-7-9-15(26-4)17(11-13)28(24,25)22(2)3/h6-11H,5H2,1-4H3,(H,20,21,23). The summed E-state index contributed by atoms with van der Waals surface area (Å²) in [4.78, 5) is 17.0. The number of hydrogen-bond donors (Lipinski definition) is 1. The average Bonchev–Trinajstić information content (AvgIpc) is 3.08. The van der Waals surface area contributed by atoms with E-state index in [1.807, 2.05) is 12.1 Å². The summed E-state index contributed by atoms with van der Waals surface area (Å²) in [6, 6.07) is 10.3. The number of sulfonamides is 1. The molecule has 28 heavy (non-hydrogen) atoms. The lowest BCUT2D eigenvalue weighted by molar-refractivity contribution is 0.102. The molecular weight excluding hydrogens is 398 g/mol. The SMILES string of the molecule is CCc1ccc2nc(NC(=O)c3ccc(OC)c(S(=O)(=O)N(C)C)c3)sc2c1. The van der Waals surface area contributed by atoms with Crippen LogP contribution in [0.25, 0.3) is 10.2 Å². The minimum atomic E-state index is -3.76. The summed E-state index contributed by atoms with van der Waals surface area (Å²) < 4.78 is 32.3. The molecule has 7 nitrogen and oxygen atoms in total. The fraction of sp³-hybridized carbons (Fsp3) is 0.263.